The first-order valence-corrected chi connectivity index (χ1v) is 5.81. The van der Waals surface area contributed by atoms with Crippen LogP contribution >= 0.6 is 11.6 Å². The summed E-state index contributed by atoms with van der Waals surface area (Å²) >= 11 is 5.70. The highest BCUT2D eigenvalue weighted by Gasteiger charge is 2.15. The number of hydrogen-bond donors (Lipinski definition) is 1. The number of halogens is 1. The van der Waals surface area contributed by atoms with Crippen molar-refractivity contribution in [1.82, 2.24) is 0 Å². The molecule has 0 unspecified atom stereocenters. The highest BCUT2D eigenvalue weighted by molar-refractivity contribution is 6.18. The smallest absolute Gasteiger partial charge is 0.0901 e. The van der Waals surface area contributed by atoms with Gasteiger partial charge in [0.25, 0.3) is 0 Å². The van der Waals surface area contributed by atoms with Crippen LogP contribution in [0.25, 0.3) is 0 Å². The van der Waals surface area contributed by atoms with Crippen LogP contribution in [-0.2, 0) is 5.41 Å². The number of rotatable bonds is 2. The van der Waals surface area contributed by atoms with Crippen LogP contribution in [0, 0.1) is 13.8 Å². The van der Waals surface area contributed by atoms with Gasteiger partial charge in [0.15, 0.2) is 0 Å². The Kier molecular flexibility index (Phi) is 3.67. The number of nitrogens with one attached hydrogen (secondary N) is 1. The molecule has 1 rings (SSSR count). The van der Waals surface area contributed by atoms with Crippen LogP contribution in [-0.4, -0.2) is 6.00 Å². The number of aryl methyl sites for hydroxylation is 2. The van der Waals surface area contributed by atoms with Gasteiger partial charge in [-0.1, -0.05) is 32.9 Å². The van der Waals surface area contributed by atoms with Crippen LogP contribution in [0.4, 0.5) is 5.69 Å². The average Bonchev–Trinajstić information content (AvgIpc) is 2.09. The molecule has 0 aromatic heterocycles. The third kappa shape index (κ3) is 2.88. The van der Waals surface area contributed by atoms with E-state index in [0.29, 0.717) is 6.00 Å². The lowest BCUT2D eigenvalue weighted by Crippen LogP contribution is -2.12. The number of benzene rings is 1. The van der Waals surface area contributed by atoms with Crippen LogP contribution in [0.15, 0.2) is 12.1 Å². The third-order valence-corrected chi connectivity index (χ3v) is 2.78. The van der Waals surface area contributed by atoms with Gasteiger partial charge in [-0.15, -0.1) is 11.6 Å². The molecular weight excluding hydrogens is 206 g/mol. The second kappa shape index (κ2) is 4.44. The Labute approximate surface area is 97.8 Å². The Bertz CT molecular complexity index is 327. The Hall–Kier alpha value is -0.690. The minimum atomic E-state index is 0.203. The van der Waals surface area contributed by atoms with Crippen molar-refractivity contribution >= 4 is 17.3 Å². The Morgan fingerprint density at radius 1 is 1.13 bits per heavy atom. The van der Waals surface area contributed by atoms with Crippen molar-refractivity contribution in [3.05, 3.63) is 28.8 Å². The Morgan fingerprint density at radius 3 is 1.93 bits per heavy atom. The fourth-order valence-corrected chi connectivity index (χ4v) is 1.88. The summed E-state index contributed by atoms with van der Waals surface area (Å²) in [6.45, 7) is 10.9. The lowest BCUT2D eigenvalue weighted by Gasteiger charge is -2.22. The standard InChI is InChI=1S/C13H20ClN/c1-9-6-11(13(3,4)5)7-10(2)12(9)15-8-14/h6-7,15H,8H2,1-5H3. The highest BCUT2D eigenvalue weighted by atomic mass is 35.5. The number of hydrogen-bond acceptors (Lipinski definition) is 1. The molecule has 0 amide bonds. The van der Waals surface area contributed by atoms with Crippen LogP contribution in [0.2, 0.25) is 0 Å². The van der Waals surface area contributed by atoms with E-state index >= 15 is 0 Å². The predicted octanol–water partition coefficient (Wildman–Crippen LogP) is 4.21. The zero-order chi connectivity index (χ0) is 11.6. The molecule has 0 fully saturated rings. The van der Waals surface area contributed by atoms with Crippen molar-refractivity contribution in [3.8, 4) is 0 Å². The molecule has 0 aliphatic heterocycles. The lowest BCUT2D eigenvalue weighted by molar-refractivity contribution is 0.589. The zero-order valence-corrected chi connectivity index (χ0v) is 11.0. The van der Waals surface area contributed by atoms with Crippen molar-refractivity contribution < 1.29 is 0 Å². The SMILES string of the molecule is Cc1cc(C(C)(C)C)cc(C)c1NCCl. The first-order valence-electron chi connectivity index (χ1n) is 5.28. The molecule has 0 saturated heterocycles. The van der Waals surface area contributed by atoms with E-state index in [-0.39, 0.29) is 5.41 Å². The minimum Gasteiger partial charge on any atom is -0.371 e. The summed E-state index contributed by atoms with van der Waals surface area (Å²) < 4.78 is 0. The summed E-state index contributed by atoms with van der Waals surface area (Å²) in [4.78, 5) is 0. The van der Waals surface area contributed by atoms with Gasteiger partial charge in [0.05, 0.1) is 6.00 Å². The lowest BCUT2D eigenvalue weighted by atomic mass is 9.85. The van der Waals surface area contributed by atoms with Gasteiger partial charge >= 0.3 is 0 Å². The fourth-order valence-electron chi connectivity index (χ4n) is 1.74. The Balaban J connectivity index is 3.19. The Morgan fingerprint density at radius 2 is 1.60 bits per heavy atom. The molecule has 2 heteroatoms. The van der Waals surface area contributed by atoms with Gasteiger partial charge in [-0.3, -0.25) is 0 Å². The van der Waals surface area contributed by atoms with E-state index < -0.39 is 0 Å². The van der Waals surface area contributed by atoms with E-state index in [1.807, 2.05) is 0 Å². The molecule has 84 valence electrons. The first-order chi connectivity index (χ1) is 6.86. The summed E-state index contributed by atoms with van der Waals surface area (Å²) in [6, 6.07) is 4.93. The van der Waals surface area contributed by atoms with E-state index in [4.69, 9.17) is 11.6 Å². The molecule has 0 spiro atoms. The first kappa shape index (κ1) is 12.4. The largest absolute Gasteiger partial charge is 0.371 e. The van der Waals surface area contributed by atoms with Crippen LogP contribution in [0.3, 0.4) is 0 Å². The minimum absolute atomic E-state index is 0.203. The van der Waals surface area contributed by atoms with E-state index in [2.05, 4.69) is 52.1 Å². The van der Waals surface area contributed by atoms with Gasteiger partial charge in [0.2, 0.25) is 0 Å². The molecule has 1 aromatic rings. The highest BCUT2D eigenvalue weighted by Crippen LogP contribution is 2.29. The zero-order valence-electron chi connectivity index (χ0n) is 10.2. The molecule has 1 aromatic carbocycles. The topological polar surface area (TPSA) is 12.0 Å². The molecule has 0 aliphatic carbocycles. The summed E-state index contributed by atoms with van der Waals surface area (Å²) in [5.41, 5.74) is 5.27. The molecule has 0 radical (unpaired) electrons. The molecule has 1 nitrogen and oxygen atoms in total. The van der Waals surface area contributed by atoms with Gasteiger partial charge < -0.3 is 5.32 Å². The van der Waals surface area contributed by atoms with Crippen molar-refractivity contribution in [2.24, 2.45) is 0 Å². The summed E-state index contributed by atoms with van der Waals surface area (Å²) in [5.74, 6) is 0. The van der Waals surface area contributed by atoms with Gasteiger partial charge in [0.1, 0.15) is 0 Å². The van der Waals surface area contributed by atoms with E-state index in [1.165, 1.54) is 16.7 Å². The van der Waals surface area contributed by atoms with Gasteiger partial charge in [-0.2, -0.15) is 0 Å². The van der Waals surface area contributed by atoms with Crippen LogP contribution in [0.5, 0.6) is 0 Å². The van der Waals surface area contributed by atoms with Crippen molar-refractivity contribution in [2.75, 3.05) is 11.3 Å². The maximum absolute atomic E-state index is 5.70. The van der Waals surface area contributed by atoms with Crippen molar-refractivity contribution in [1.29, 1.82) is 0 Å². The van der Waals surface area contributed by atoms with Crippen molar-refractivity contribution in [3.63, 3.8) is 0 Å². The molecule has 1 N–H and O–H groups in total. The van der Waals surface area contributed by atoms with E-state index in [9.17, 15) is 0 Å². The molecule has 0 bridgehead atoms. The summed E-state index contributed by atoms with van der Waals surface area (Å²) in [6.07, 6.45) is 0. The van der Waals surface area contributed by atoms with Crippen LogP contribution in [0.1, 0.15) is 37.5 Å². The molecule has 15 heavy (non-hydrogen) atoms. The predicted molar refractivity (Wildman–Crippen MR) is 69.0 cm³/mol. The van der Waals surface area contributed by atoms with Gasteiger partial charge in [0, 0.05) is 5.69 Å². The number of alkyl halides is 1. The molecule has 0 atom stereocenters. The fraction of sp³-hybridized carbons (Fsp3) is 0.538. The van der Waals surface area contributed by atoms with E-state index in [0.717, 1.165) is 5.69 Å². The van der Waals surface area contributed by atoms with Crippen LogP contribution < -0.4 is 5.32 Å². The summed E-state index contributed by atoms with van der Waals surface area (Å²) in [7, 11) is 0. The maximum atomic E-state index is 5.70. The third-order valence-electron chi connectivity index (χ3n) is 2.64. The second-order valence-corrected chi connectivity index (χ2v) is 5.31. The molecule has 0 heterocycles. The quantitative estimate of drug-likeness (QED) is 0.587. The average molecular weight is 226 g/mol. The van der Waals surface area contributed by atoms with E-state index in [1.54, 1.807) is 0 Å². The normalized spacial score (nSPS) is 11.6. The maximum Gasteiger partial charge on any atom is 0.0901 e. The molecular formula is C13H20ClN. The molecule has 0 aliphatic rings. The molecule has 0 saturated carbocycles. The number of anilines is 1. The summed E-state index contributed by atoms with van der Waals surface area (Å²) in [5, 5.41) is 3.19. The van der Waals surface area contributed by atoms with Crippen molar-refractivity contribution in [2.45, 2.75) is 40.0 Å². The monoisotopic (exact) mass is 225 g/mol. The van der Waals surface area contributed by atoms with Gasteiger partial charge in [-0.25, -0.2) is 0 Å². The second-order valence-electron chi connectivity index (χ2n) is 5.05. The van der Waals surface area contributed by atoms with Gasteiger partial charge in [-0.05, 0) is 36.0 Å².